The first kappa shape index (κ1) is 11.5. The number of carbonyl (C=O) groups excluding carboxylic acids is 1. The molecule has 0 aromatic carbocycles. The normalized spacial score (nSPS) is 25.8. The van der Waals surface area contributed by atoms with Gasteiger partial charge in [0.25, 0.3) is 5.91 Å². The van der Waals surface area contributed by atoms with Crippen molar-refractivity contribution >= 4 is 17.5 Å². The van der Waals surface area contributed by atoms with Crippen molar-refractivity contribution in [2.24, 2.45) is 11.7 Å². The summed E-state index contributed by atoms with van der Waals surface area (Å²) in [5.74, 6) is 0.515. The van der Waals surface area contributed by atoms with Crippen molar-refractivity contribution in [3.05, 3.63) is 23.1 Å². The molecule has 2 rings (SSSR count). The van der Waals surface area contributed by atoms with Gasteiger partial charge in [-0.05, 0) is 36.1 Å². The molecule has 1 aliphatic heterocycles. The number of nitrogens with two attached hydrogens (primary N) is 1. The van der Waals surface area contributed by atoms with Gasteiger partial charge in [0, 0.05) is 19.1 Å². The van der Waals surface area contributed by atoms with Crippen molar-refractivity contribution in [2.45, 2.75) is 19.4 Å². The second kappa shape index (κ2) is 4.47. The summed E-state index contributed by atoms with van der Waals surface area (Å²) in [6.45, 7) is 3.42. The van der Waals surface area contributed by atoms with Crippen LogP contribution in [0.1, 0.15) is 23.9 Å². The van der Waals surface area contributed by atoms with E-state index in [9.17, 15) is 4.79 Å². The molecular weight excluding hydrogens is 228 g/mol. The van der Waals surface area contributed by atoms with Gasteiger partial charge < -0.3 is 15.1 Å². The standard InChI is InChI=1S/C11H15ClN2O2/c1-7-6-14(5-4-8(7)13)11(15)9-2-3-10(12)16-9/h2-3,7-8H,4-6,13H2,1H3. The minimum atomic E-state index is -0.106. The summed E-state index contributed by atoms with van der Waals surface area (Å²) < 4.78 is 5.10. The first-order valence-corrected chi connectivity index (χ1v) is 5.76. The Kier molecular flexibility index (Phi) is 3.21. The van der Waals surface area contributed by atoms with E-state index in [2.05, 4.69) is 6.92 Å². The molecule has 1 saturated heterocycles. The first-order chi connectivity index (χ1) is 7.58. The molecular formula is C11H15ClN2O2. The Morgan fingerprint density at radius 3 is 2.94 bits per heavy atom. The van der Waals surface area contributed by atoms with E-state index in [-0.39, 0.29) is 17.2 Å². The Labute approximate surface area is 99.3 Å². The van der Waals surface area contributed by atoms with E-state index in [1.165, 1.54) is 0 Å². The van der Waals surface area contributed by atoms with Crippen molar-refractivity contribution in [1.82, 2.24) is 4.90 Å². The predicted molar refractivity (Wildman–Crippen MR) is 61.4 cm³/mol. The molecule has 0 spiro atoms. The largest absolute Gasteiger partial charge is 0.440 e. The molecule has 2 atom stereocenters. The lowest BCUT2D eigenvalue weighted by Gasteiger charge is -2.34. The van der Waals surface area contributed by atoms with E-state index in [0.717, 1.165) is 6.42 Å². The highest BCUT2D eigenvalue weighted by Crippen LogP contribution is 2.20. The number of carbonyl (C=O) groups is 1. The van der Waals surface area contributed by atoms with Crippen LogP contribution in [0.15, 0.2) is 16.5 Å². The van der Waals surface area contributed by atoms with Crippen LogP contribution in [0.2, 0.25) is 5.22 Å². The van der Waals surface area contributed by atoms with Crippen molar-refractivity contribution < 1.29 is 9.21 Å². The molecule has 5 heteroatoms. The van der Waals surface area contributed by atoms with Crippen molar-refractivity contribution in [3.8, 4) is 0 Å². The molecule has 2 unspecified atom stereocenters. The third kappa shape index (κ3) is 2.23. The Morgan fingerprint density at radius 2 is 2.38 bits per heavy atom. The number of hydrogen-bond donors (Lipinski definition) is 1. The van der Waals surface area contributed by atoms with Crippen molar-refractivity contribution in [3.63, 3.8) is 0 Å². The van der Waals surface area contributed by atoms with Gasteiger partial charge in [0.1, 0.15) is 0 Å². The number of furan rings is 1. The summed E-state index contributed by atoms with van der Waals surface area (Å²) in [7, 11) is 0. The number of nitrogens with zero attached hydrogens (tertiary/aromatic N) is 1. The van der Waals surface area contributed by atoms with Crippen LogP contribution >= 0.6 is 11.6 Å². The molecule has 88 valence electrons. The van der Waals surface area contributed by atoms with Crippen LogP contribution in [0.5, 0.6) is 0 Å². The number of rotatable bonds is 1. The van der Waals surface area contributed by atoms with Crippen LogP contribution in [0.3, 0.4) is 0 Å². The number of halogens is 1. The van der Waals surface area contributed by atoms with Gasteiger partial charge in [0.15, 0.2) is 11.0 Å². The van der Waals surface area contributed by atoms with Gasteiger partial charge in [-0.15, -0.1) is 0 Å². The molecule has 1 aromatic heterocycles. The molecule has 0 aliphatic carbocycles. The highest BCUT2D eigenvalue weighted by molar-refractivity contribution is 6.29. The molecule has 4 nitrogen and oxygen atoms in total. The molecule has 0 saturated carbocycles. The molecule has 2 N–H and O–H groups in total. The minimum Gasteiger partial charge on any atom is -0.440 e. The smallest absolute Gasteiger partial charge is 0.289 e. The van der Waals surface area contributed by atoms with Gasteiger partial charge >= 0.3 is 0 Å². The predicted octanol–water partition coefficient (Wildman–Crippen LogP) is 1.74. The average molecular weight is 243 g/mol. The van der Waals surface area contributed by atoms with Crippen LogP contribution in [0.4, 0.5) is 0 Å². The summed E-state index contributed by atoms with van der Waals surface area (Å²) in [5.41, 5.74) is 5.90. The molecule has 2 heterocycles. The third-order valence-electron chi connectivity index (χ3n) is 3.04. The second-order valence-electron chi connectivity index (χ2n) is 4.28. The van der Waals surface area contributed by atoms with Gasteiger partial charge in [-0.25, -0.2) is 0 Å². The molecule has 1 amide bonds. The van der Waals surface area contributed by atoms with E-state index in [4.69, 9.17) is 21.8 Å². The lowest BCUT2D eigenvalue weighted by Crippen LogP contribution is -2.48. The number of likely N-dealkylation sites (tertiary alicyclic amines) is 1. The molecule has 1 aromatic rings. The van der Waals surface area contributed by atoms with Crippen LogP contribution < -0.4 is 5.73 Å². The van der Waals surface area contributed by atoms with Crippen molar-refractivity contribution in [1.29, 1.82) is 0 Å². The fourth-order valence-electron chi connectivity index (χ4n) is 1.93. The van der Waals surface area contributed by atoms with Gasteiger partial charge in [0.05, 0.1) is 0 Å². The third-order valence-corrected chi connectivity index (χ3v) is 3.25. The maximum atomic E-state index is 12.0. The molecule has 1 aliphatic rings. The van der Waals surface area contributed by atoms with Crippen LogP contribution in [-0.2, 0) is 0 Å². The maximum Gasteiger partial charge on any atom is 0.289 e. The zero-order chi connectivity index (χ0) is 11.7. The lowest BCUT2D eigenvalue weighted by atomic mass is 9.95. The topological polar surface area (TPSA) is 59.5 Å². The zero-order valence-corrected chi connectivity index (χ0v) is 9.91. The summed E-state index contributed by atoms with van der Waals surface area (Å²) in [6.07, 6.45) is 0.835. The van der Waals surface area contributed by atoms with E-state index in [0.29, 0.717) is 24.8 Å². The molecule has 0 radical (unpaired) electrons. The zero-order valence-electron chi connectivity index (χ0n) is 9.15. The molecule has 16 heavy (non-hydrogen) atoms. The van der Waals surface area contributed by atoms with E-state index >= 15 is 0 Å². The monoisotopic (exact) mass is 242 g/mol. The Bertz CT molecular complexity index is 391. The summed E-state index contributed by atoms with van der Waals surface area (Å²) in [5, 5.41) is 0.241. The number of amides is 1. The molecule has 0 bridgehead atoms. The van der Waals surface area contributed by atoms with Crippen LogP contribution in [0, 0.1) is 5.92 Å². The first-order valence-electron chi connectivity index (χ1n) is 5.38. The fourth-order valence-corrected chi connectivity index (χ4v) is 2.08. The number of piperidine rings is 1. The fraction of sp³-hybridized carbons (Fsp3) is 0.545. The second-order valence-corrected chi connectivity index (χ2v) is 4.66. The SMILES string of the molecule is CC1CN(C(=O)c2ccc(Cl)o2)CCC1N. The maximum absolute atomic E-state index is 12.0. The summed E-state index contributed by atoms with van der Waals surface area (Å²) >= 11 is 5.64. The Balaban J connectivity index is 2.06. The van der Waals surface area contributed by atoms with Gasteiger partial charge in [-0.2, -0.15) is 0 Å². The summed E-state index contributed by atoms with van der Waals surface area (Å²) in [6, 6.07) is 3.36. The highest BCUT2D eigenvalue weighted by atomic mass is 35.5. The highest BCUT2D eigenvalue weighted by Gasteiger charge is 2.28. The lowest BCUT2D eigenvalue weighted by molar-refractivity contribution is 0.0632. The van der Waals surface area contributed by atoms with E-state index in [1.54, 1.807) is 17.0 Å². The van der Waals surface area contributed by atoms with E-state index in [1.807, 2.05) is 0 Å². The van der Waals surface area contributed by atoms with Gasteiger partial charge in [-0.1, -0.05) is 6.92 Å². The average Bonchev–Trinajstić information content (AvgIpc) is 2.68. The number of hydrogen-bond acceptors (Lipinski definition) is 3. The quantitative estimate of drug-likeness (QED) is 0.816. The molecule has 1 fully saturated rings. The van der Waals surface area contributed by atoms with Crippen LogP contribution in [-0.4, -0.2) is 29.9 Å². The Morgan fingerprint density at radius 1 is 1.62 bits per heavy atom. The Hall–Kier alpha value is -1.00. The van der Waals surface area contributed by atoms with Crippen LogP contribution in [0.25, 0.3) is 0 Å². The minimum absolute atomic E-state index is 0.106. The summed E-state index contributed by atoms with van der Waals surface area (Å²) in [4.78, 5) is 13.8. The van der Waals surface area contributed by atoms with Gasteiger partial charge in [0.2, 0.25) is 0 Å². The van der Waals surface area contributed by atoms with E-state index < -0.39 is 0 Å². The van der Waals surface area contributed by atoms with Gasteiger partial charge in [-0.3, -0.25) is 4.79 Å². The van der Waals surface area contributed by atoms with Crippen molar-refractivity contribution in [2.75, 3.05) is 13.1 Å².